The van der Waals surface area contributed by atoms with E-state index in [9.17, 15) is 5.11 Å². The number of phenols is 1. The fourth-order valence-electron chi connectivity index (χ4n) is 2.00. The fourth-order valence-corrected chi connectivity index (χ4v) is 2.00. The summed E-state index contributed by atoms with van der Waals surface area (Å²) in [5.41, 5.74) is 1.52. The number of aromatic nitrogens is 1. The largest absolute Gasteiger partial charge is 0.505 e. The van der Waals surface area contributed by atoms with Gasteiger partial charge in [-0.1, -0.05) is 50.1 Å². The van der Waals surface area contributed by atoms with Crippen LogP contribution in [0.5, 0.6) is 5.75 Å². The van der Waals surface area contributed by atoms with Crippen molar-refractivity contribution in [2.24, 2.45) is 0 Å². The topological polar surface area (TPSA) is 33.1 Å². The number of unbranched alkanes of at least 4 members (excludes halogenated alkanes) is 3. The molecule has 0 saturated heterocycles. The van der Waals surface area contributed by atoms with Crippen LogP contribution in [0.4, 0.5) is 0 Å². The van der Waals surface area contributed by atoms with Gasteiger partial charge in [0.1, 0.15) is 11.3 Å². The van der Waals surface area contributed by atoms with E-state index >= 15 is 0 Å². The molecule has 0 fully saturated rings. The van der Waals surface area contributed by atoms with Crippen molar-refractivity contribution in [3.05, 3.63) is 42.1 Å². The first-order chi connectivity index (χ1) is 8.83. The zero-order valence-corrected chi connectivity index (χ0v) is 10.8. The molecule has 0 amide bonds. The smallest absolute Gasteiger partial charge is 0.148 e. The lowest BCUT2D eigenvalue weighted by Crippen LogP contribution is -1.82. The molecule has 0 aliphatic rings. The maximum Gasteiger partial charge on any atom is 0.148 e. The van der Waals surface area contributed by atoms with E-state index < -0.39 is 0 Å². The number of pyridine rings is 1. The SMILES string of the molecule is CCCCC/C=C/c1ccc2cccnc2c1O. The van der Waals surface area contributed by atoms with Crippen LogP contribution in [0.25, 0.3) is 17.0 Å². The Morgan fingerprint density at radius 3 is 2.94 bits per heavy atom. The van der Waals surface area contributed by atoms with Crippen molar-refractivity contribution in [1.82, 2.24) is 4.98 Å². The van der Waals surface area contributed by atoms with Gasteiger partial charge in [0, 0.05) is 17.1 Å². The predicted octanol–water partition coefficient (Wildman–Crippen LogP) is 4.53. The third-order valence-electron chi connectivity index (χ3n) is 3.05. The van der Waals surface area contributed by atoms with Gasteiger partial charge >= 0.3 is 0 Å². The molecule has 0 spiro atoms. The highest BCUT2D eigenvalue weighted by molar-refractivity contribution is 5.87. The van der Waals surface area contributed by atoms with Crippen molar-refractivity contribution in [3.8, 4) is 5.75 Å². The first-order valence-corrected chi connectivity index (χ1v) is 6.56. The summed E-state index contributed by atoms with van der Waals surface area (Å²) in [6.45, 7) is 2.20. The summed E-state index contributed by atoms with van der Waals surface area (Å²) < 4.78 is 0. The third kappa shape index (κ3) is 2.89. The van der Waals surface area contributed by atoms with Crippen LogP contribution in [0, 0.1) is 0 Å². The number of nitrogens with zero attached hydrogens (tertiary/aromatic N) is 1. The van der Waals surface area contributed by atoms with Crippen LogP contribution in [0.1, 0.15) is 38.2 Å². The van der Waals surface area contributed by atoms with Gasteiger partial charge in [0.15, 0.2) is 0 Å². The zero-order valence-electron chi connectivity index (χ0n) is 10.8. The number of fused-ring (bicyclic) bond motifs is 1. The fraction of sp³-hybridized carbons (Fsp3) is 0.312. The van der Waals surface area contributed by atoms with E-state index in [0.717, 1.165) is 17.4 Å². The first-order valence-electron chi connectivity index (χ1n) is 6.56. The van der Waals surface area contributed by atoms with Gasteiger partial charge < -0.3 is 5.11 Å². The Morgan fingerprint density at radius 1 is 1.22 bits per heavy atom. The average molecular weight is 241 g/mol. The molecule has 1 aromatic carbocycles. The number of hydrogen-bond donors (Lipinski definition) is 1. The minimum atomic E-state index is 0.278. The molecule has 0 aliphatic carbocycles. The number of phenolic OH excluding ortho intramolecular Hbond substituents is 1. The second kappa shape index (κ2) is 6.20. The van der Waals surface area contributed by atoms with Crippen molar-refractivity contribution in [1.29, 1.82) is 0 Å². The molecule has 1 aromatic heterocycles. The van der Waals surface area contributed by atoms with Gasteiger partial charge in [0.05, 0.1) is 0 Å². The lowest BCUT2D eigenvalue weighted by molar-refractivity contribution is 0.479. The summed E-state index contributed by atoms with van der Waals surface area (Å²) in [5, 5.41) is 11.1. The molecule has 2 rings (SSSR count). The van der Waals surface area contributed by atoms with Crippen molar-refractivity contribution in [3.63, 3.8) is 0 Å². The van der Waals surface area contributed by atoms with Gasteiger partial charge in [-0.2, -0.15) is 0 Å². The van der Waals surface area contributed by atoms with Crippen molar-refractivity contribution in [2.45, 2.75) is 32.6 Å². The van der Waals surface area contributed by atoms with Gasteiger partial charge in [-0.25, -0.2) is 0 Å². The molecule has 2 nitrogen and oxygen atoms in total. The van der Waals surface area contributed by atoms with Gasteiger partial charge in [-0.3, -0.25) is 4.98 Å². The molecule has 0 atom stereocenters. The first kappa shape index (κ1) is 12.6. The lowest BCUT2D eigenvalue weighted by Gasteiger charge is -2.03. The lowest BCUT2D eigenvalue weighted by atomic mass is 10.1. The minimum Gasteiger partial charge on any atom is -0.505 e. The van der Waals surface area contributed by atoms with E-state index in [-0.39, 0.29) is 5.75 Å². The van der Waals surface area contributed by atoms with Crippen molar-refractivity contribution in [2.75, 3.05) is 0 Å². The van der Waals surface area contributed by atoms with Crippen LogP contribution in [-0.4, -0.2) is 10.1 Å². The normalized spacial score (nSPS) is 11.4. The zero-order chi connectivity index (χ0) is 12.8. The summed E-state index contributed by atoms with van der Waals surface area (Å²) in [5.74, 6) is 0.278. The summed E-state index contributed by atoms with van der Waals surface area (Å²) in [6, 6.07) is 7.77. The van der Waals surface area contributed by atoms with Crippen LogP contribution in [0.2, 0.25) is 0 Å². The summed E-state index contributed by atoms with van der Waals surface area (Å²) in [6.07, 6.45) is 10.6. The number of aromatic hydroxyl groups is 1. The van der Waals surface area contributed by atoms with E-state index in [1.54, 1.807) is 6.20 Å². The van der Waals surface area contributed by atoms with E-state index in [1.807, 2.05) is 30.3 Å². The van der Waals surface area contributed by atoms with Crippen LogP contribution >= 0.6 is 0 Å². The van der Waals surface area contributed by atoms with E-state index in [0.29, 0.717) is 5.52 Å². The molecule has 0 bridgehead atoms. The highest BCUT2D eigenvalue weighted by Gasteiger charge is 2.04. The number of allylic oxidation sites excluding steroid dienone is 1. The van der Waals surface area contributed by atoms with Gasteiger partial charge in [-0.05, 0) is 18.9 Å². The van der Waals surface area contributed by atoms with E-state index in [1.165, 1.54) is 19.3 Å². The summed E-state index contributed by atoms with van der Waals surface area (Å²) in [7, 11) is 0. The molecule has 94 valence electrons. The van der Waals surface area contributed by atoms with Crippen LogP contribution < -0.4 is 0 Å². The number of benzene rings is 1. The molecule has 0 unspecified atom stereocenters. The molecule has 2 aromatic rings. The molecule has 1 N–H and O–H groups in total. The average Bonchev–Trinajstić information content (AvgIpc) is 2.41. The standard InChI is InChI=1S/C16H19NO/c1-2-3-4-5-6-8-14-11-10-13-9-7-12-17-15(13)16(14)18/h6-12,18H,2-5H2,1H3/b8-6+. The molecular weight excluding hydrogens is 222 g/mol. The van der Waals surface area contributed by atoms with E-state index in [2.05, 4.69) is 18.0 Å². The molecule has 2 heteroatoms. The van der Waals surface area contributed by atoms with Crippen molar-refractivity contribution < 1.29 is 5.11 Å². The van der Waals surface area contributed by atoms with Crippen molar-refractivity contribution >= 4 is 17.0 Å². The predicted molar refractivity (Wildman–Crippen MR) is 76.6 cm³/mol. The second-order valence-corrected chi connectivity index (χ2v) is 4.48. The Balaban J connectivity index is 2.16. The molecule has 0 aliphatic heterocycles. The maximum atomic E-state index is 10.1. The Labute approximate surface area is 108 Å². The van der Waals surface area contributed by atoms with Gasteiger partial charge in [0.2, 0.25) is 0 Å². The van der Waals surface area contributed by atoms with Gasteiger partial charge in [0.25, 0.3) is 0 Å². The number of rotatable bonds is 5. The molecule has 0 radical (unpaired) electrons. The highest BCUT2D eigenvalue weighted by atomic mass is 16.3. The molecule has 1 heterocycles. The maximum absolute atomic E-state index is 10.1. The Bertz CT molecular complexity index is 546. The van der Waals surface area contributed by atoms with Crippen LogP contribution in [0.15, 0.2) is 36.5 Å². The Hall–Kier alpha value is -1.83. The quantitative estimate of drug-likeness (QED) is 0.780. The third-order valence-corrected chi connectivity index (χ3v) is 3.05. The molecule has 0 saturated carbocycles. The highest BCUT2D eigenvalue weighted by Crippen LogP contribution is 2.27. The second-order valence-electron chi connectivity index (χ2n) is 4.48. The summed E-state index contributed by atoms with van der Waals surface area (Å²) in [4.78, 5) is 4.22. The minimum absolute atomic E-state index is 0.278. The van der Waals surface area contributed by atoms with Gasteiger partial charge in [-0.15, -0.1) is 0 Å². The molecular formula is C16H19NO. The Morgan fingerprint density at radius 2 is 2.11 bits per heavy atom. The summed E-state index contributed by atoms with van der Waals surface area (Å²) >= 11 is 0. The van der Waals surface area contributed by atoms with Crippen LogP contribution in [0.3, 0.4) is 0 Å². The monoisotopic (exact) mass is 241 g/mol. The van der Waals surface area contributed by atoms with Crippen LogP contribution in [-0.2, 0) is 0 Å². The molecule has 18 heavy (non-hydrogen) atoms. The Kier molecular flexibility index (Phi) is 4.35. The number of hydrogen-bond acceptors (Lipinski definition) is 2. The van der Waals surface area contributed by atoms with E-state index in [4.69, 9.17) is 0 Å².